The van der Waals surface area contributed by atoms with Gasteiger partial charge in [0.25, 0.3) is 0 Å². The number of carbonyl (C=O) groups is 1. The van der Waals surface area contributed by atoms with E-state index in [1.165, 1.54) is 6.92 Å². The minimum Gasteiger partial charge on any atom is -0.330 e. The van der Waals surface area contributed by atoms with E-state index in [0.29, 0.717) is 6.54 Å². The van der Waals surface area contributed by atoms with Crippen molar-refractivity contribution in [3.8, 4) is 0 Å². The van der Waals surface area contributed by atoms with E-state index in [1.54, 1.807) is 0 Å². The van der Waals surface area contributed by atoms with Crippen LogP contribution in [0, 0.1) is 0 Å². The molecule has 4 heteroatoms. The molecule has 3 nitrogen and oxygen atoms in total. The van der Waals surface area contributed by atoms with Crippen LogP contribution in [-0.2, 0) is 11.2 Å². The molecule has 15 heavy (non-hydrogen) atoms. The van der Waals surface area contributed by atoms with Gasteiger partial charge in [0.15, 0.2) is 0 Å². The Morgan fingerprint density at radius 2 is 2.27 bits per heavy atom. The standard InChI is InChI=1S/C11H15BrN2O/c1-8(15)14-11-5-4-10(12)7-9(11)3-2-6-13/h4-5,7H,2-3,6,13H2,1H3,(H,14,15). The number of anilines is 1. The lowest BCUT2D eigenvalue weighted by Gasteiger charge is -2.09. The van der Waals surface area contributed by atoms with Crippen LogP contribution in [0.25, 0.3) is 0 Å². The van der Waals surface area contributed by atoms with Crippen molar-refractivity contribution in [2.24, 2.45) is 5.73 Å². The molecule has 0 unspecified atom stereocenters. The van der Waals surface area contributed by atoms with Crippen molar-refractivity contribution in [3.63, 3.8) is 0 Å². The summed E-state index contributed by atoms with van der Waals surface area (Å²) in [6.07, 6.45) is 1.80. The van der Waals surface area contributed by atoms with E-state index in [2.05, 4.69) is 21.2 Å². The van der Waals surface area contributed by atoms with Gasteiger partial charge in [-0.25, -0.2) is 0 Å². The van der Waals surface area contributed by atoms with Crippen LogP contribution >= 0.6 is 15.9 Å². The second-order valence-corrected chi connectivity index (χ2v) is 4.29. The Balaban J connectivity index is 2.87. The second kappa shape index (κ2) is 5.88. The third-order valence-electron chi connectivity index (χ3n) is 2.03. The molecule has 0 atom stereocenters. The highest BCUT2D eigenvalue weighted by Crippen LogP contribution is 2.22. The van der Waals surface area contributed by atoms with Crippen molar-refractivity contribution in [3.05, 3.63) is 28.2 Å². The minimum atomic E-state index is -0.0497. The first-order valence-electron chi connectivity index (χ1n) is 4.89. The van der Waals surface area contributed by atoms with Gasteiger partial charge in [-0.15, -0.1) is 0 Å². The maximum absolute atomic E-state index is 11.0. The van der Waals surface area contributed by atoms with Crippen LogP contribution in [-0.4, -0.2) is 12.5 Å². The number of nitrogens with one attached hydrogen (secondary N) is 1. The number of hydrogen-bond donors (Lipinski definition) is 2. The van der Waals surface area contributed by atoms with Gasteiger partial charge in [0.2, 0.25) is 5.91 Å². The zero-order chi connectivity index (χ0) is 11.3. The molecule has 0 aromatic heterocycles. The first-order chi connectivity index (χ1) is 7.13. The Hall–Kier alpha value is -0.870. The highest BCUT2D eigenvalue weighted by Gasteiger charge is 2.04. The molecular weight excluding hydrogens is 256 g/mol. The molecule has 1 amide bonds. The van der Waals surface area contributed by atoms with Crippen LogP contribution in [0.3, 0.4) is 0 Å². The quantitative estimate of drug-likeness (QED) is 0.882. The number of nitrogens with two attached hydrogens (primary N) is 1. The van der Waals surface area contributed by atoms with Crippen LogP contribution in [0.15, 0.2) is 22.7 Å². The lowest BCUT2D eigenvalue weighted by atomic mass is 10.1. The maximum atomic E-state index is 11.0. The molecule has 0 aliphatic heterocycles. The smallest absolute Gasteiger partial charge is 0.221 e. The molecule has 0 saturated heterocycles. The average Bonchev–Trinajstić information content (AvgIpc) is 2.18. The van der Waals surface area contributed by atoms with Crippen molar-refractivity contribution in [1.29, 1.82) is 0 Å². The number of aryl methyl sites for hydroxylation is 1. The molecule has 0 spiro atoms. The summed E-state index contributed by atoms with van der Waals surface area (Å²) in [5.41, 5.74) is 7.46. The summed E-state index contributed by atoms with van der Waals surface area (Å²) in [6, 6.07) is 5.83. The first kappa shape index (κ1) is 12.2. The van der Waals surface area contributed by atoms with E-state index in [4.69, 9.17) is 5.73 Å². The summed E-state index contributed by atoms with van der Waals surface area (Å²) in [5.74, 6) is -0.0497. The van der Waals surface area contributed by atoms with Crippen LogP contribution in [0.4, 0.5) is 5.69 Å². The van der Waals surface area contributed by atoms with Gasteiger partial charge in [0, 0.05) is 17.1 Å². The number of halogens is 1. The number of rotatable bonds is 4. The molecule has 1 rings (SSSR count). The predicted octanol–water partition coefficient (Wildman–Crippen LogP) is 2.30. The Labute approximate surface area is 98.2 Å². The zero-order valence-electron chi connectivity index (χ0n) is 8.72. The number of carbonyl (C=O) groups excluding carboxylic acids is 1. The van der Waals surface area contributed by atoms with E-state index in [-0.39, 0.29) is 5.91 Å². The molecule has 0 heterocycles. The van der Waals surface area contributed by atoms with Gasteiger partial charge in [-0.2, -0.15) is 0 Å². The largest absolute Gasteiger partial charge is 0.330 e. The number of benzene rings is 1. The Kier molecular flexibility index (Phi) is 4.78. The van der Waals surface area contributed by atoms with Crippen molar-refractivity contribution in [2.45, 2.75) is 19.8 Å². The fraction of sp³-hybridized carbons (Fsp3) is 0.364. The maximum Gasteiger partial charge on any atom is 0.221 e. The Bertz CT molecular complexity index is 352. The molecule has 3 N–H and O–H groups in total. The monoisotopic (exact) mass is 270 g/mol. The SMILES string of the molecule is CC(=O)Nc1ccc(Br)cc1CCCN. The minimum absolute atomic E-state index is 0.0497. The Morgan fingerprint density at radius 3 is 2.87 bits per heavy atom. The fourth-order valence-electron chi connectivity index (χ4n) is 1.37. The lowest BCUT2D eigenvalue weighted by molar-refractivity contribution is -0.114. The summed E-state index contributed by atoms with van der Waals surface area (Å²) >= 11 is 3.41. The normalized spacial score (nSPS) is 10.1. The van der Waals surface area contributed by atoms with Crippen molar-refractivity contribution in [2.75, 3.05) is 11.9 Å². The molecule has 0 saturated carbocycles. The summed E-state index contributed by atoms with van der Waals surface area (Å²) in [4.78, 5) is 11.0. The van der Waals surface area contributed by atoms with E-state index in [0.717, 1.165) is 28.6 Å². The molecule has 0 aliphatic carbocycles. The van der Waals surface area contributed by atoms with Crippen molar-refractivity contribution >= 4 is 27.5 Å². The average molecular weight is 271 g/mol. The van der Waals surface area contributed by atoms with Gasteiger partial charge < -0.3 is 11.1 Å². The number of hydrogen-bond acceptors (Lipinski definition) is 2. The van der Waals surface area contributed by atoms with Gasteiger partial charge in [-0.05, 0) is 43.1 Å². The zero-order valence-corrected chi connectivity index (χ0v) is 10.3. The van der Waals surface area contributed by atoms with E-state index < -0.39 is 0 Å². The van der Waals surface area contributed by atoms with Gasteiger partial charge in [-0.3, -0.25) is 4.79 Å². The van der Waals surface area contributed by atoms with Crippen LogP contribution < -0.4 is 11.1 Å². The molecule has 0 fully saturated rings. The van der Waals surface area contributed by atoms with Crippen LogP contribution in [0.1, 0.15) is 18.9 Å². The Morgan fingerprint density at radius 1 is 1.53 bits per heavy atom. The summed E-state index contributed by atoms with van der Waals surface area (Å²) in [5, 5.41) is 2.81. The topological polar surface area (TPSA) is 55.1 Å². The summed E-state index contributed by atoms with van der Waals surface area (Å²) < 4.78 is 1.02. The van der Waals surface area contributed by atoms with Gasteiger partial charge in [-0.1, -0.05) is 15.9 Å². The van der Waals surface area contributed by atoms with Gasteiger partial charge in [0.05, 0.1) is 0 Å². The van der Waals surface area contributed by atoms with E-state index in [9.17, 15) is 4.79 Å². The van der Waals surface area contributed by atoms with Crippen LogP contribution in [0.5, 0.6) is 0 Å². The van der Waals surface area contributed by atoms with E-state index in [1.807, 2.05) is 18.2 Å². The molecule has 82 valence electrons. The highest BCUT2D eigenvalue weighted by molar-refractivity contribution is 9.10. The molecule has 1 aromatic rings. The van der Waals surface area contributed by atoms with Crippen molar-refractivity contribution in [1.82, 2.24) is 0 Å². The van der Waals surface area contributed by atoms with Crippen molar-refractivity contribution < 1.29 is 4.79 Å². The summed E-state index contributed by atoms with van der Waals surface area (Å²) in [7, 11) is 0. The lowest BCUT2D eigenvalue weighted by Crippen LogP contribution is -2.09. The number of amides is 1. The van der Waals surface area contributed by atoms with Gasteiger partial charge in [0.1, 0.15) is 0 Å². The van der Waals surface area contributed by atoms with Gasteiger partial charge >= 0.3 is 0 Å². The third-order valence-corrected chi connectivity index (χ3v) is 2.52. The second-order valence-electron chi connectivity index (χ2n) is 3.37. The molecule has 1 aromatic carbocycles. The fourth-order valence-corrected chi connectivity index (χ4v) is 1.78. The first-order valence-corrected chi connectivity index (χ1v) is 5.69. The molecular formula is C11H15BrN2O. The third kappa shape index (κ3) is 4.01. The highest BCUT2D eigenvalue weighted by atomic mass is 79.9. The predicted molar refractivity (Wildman–Crippen MR) is 65.8 cm³/mol. The van der Waals surface area contributed by atoms with E-state index >= 15 is 0 Å². The molecule has 0 bridgehead atoms. The summed E-state index contributed by atoms with van der Waals surface area (Å²) in [6.45, 7) is 2.17. The molecule has 0 aliphatic rings. The van der Waals surface area contributed by atoms with Crippen LogP contribution in [0.2, 0.25) is 0 Å². The molecule has 0 radical (unpaired) electrons.